The summed E-state index contributed by atoms with van der Waals surface area (Å²) >= 11 is 6.85. The summed E-state index contributed by atoms with van der Waals surface area (Å²) in [6.07, 6.45) is 4.34. The van der Waals surface area contributed by atoms with E-state index in [1.165, 1.54) is 0 Å². The van der Waals surface area contributed by atoms with Gasteiger partial charge >= 0.3 is 6.09 Å². The molecule has 0 saturated carbocycles. The van der Waals surface area contributed by atoms with E-state index in [4.69, 9.17) is 27.1 Å². The average Bonchev–Trinajstić information content (AvgIpc) is 2.95. The van der Waals surface area contributed by atoms with E-state index in [1.54, 1.807) is 34.2 Å². The number of carbonyl (C=O) groups is 3. The lowest BCUT2D eigenvalue weighted by Gasteiger charge is -2.39. The quantitative estimate of drug-likeness (QED) is 0.474. The van der Waals surface area contributed by atoms with Gasteiger partial charge in [0.1, 0.15) is 5.69 Å². The van der Waals surface area contributed by atoms with Gasteiger partial charge in [-0.3, -0.25) is 19.6 Å². The summed E-state index contributed by atoms with van der Waals surface area (Å²) in [6, 6.07) is 8.98. The first-order valence-electron chi connectivity index (χ1n) is 13.4. The maximum atomic E-state index is 13.5. The molecule has 1 saturated heterocycles. The van der Waals surface area contributed by atoms with Gasteiger partial charge in [0.05, 0.1) is 17.1 Å². The van der Waals surface area contributed by atoms with Crippen molar-refractivity contribution in [2.75, 3.05) is 26.2 Å². The third kappa shape index (κ3) is 5.88. The number of primary amides is 1. The summed E-state index contributed by atoms with van der Waals surface area (Å²) in [6.45, 7) is 5.56. The molecular weight excluding hydrogens is 550 g/mol. The summed E-state index contributed by atoms with van der Waals surface area (Å²) in [4.78, 5) is 49.8. The largest absolute Gasteiger partial charge is 0.449 e. The van der Waals surface area contributed by atoms with E-state index in [9.17, 15) is 14.4 Å². The first-order chi connectivity index (χ1) is 18.8. The van der Waals surface area contributed by atoms with Crippen molar-refractivity contribution in [1.82, 2.24) is 19.8 Å². The van der Waals surface area contributed by atoms with Crippen molar-refractivity contribution in [2.45, 2.75) is 51.5 Å². The third-order valence-corrected chi connectivity index (χ3v) is 8.05. The van der Waals surface area contributed by atoms with Gasteiger partial charge in [0.2, 0.25) is 0 Å². The van der Waals surface area contributed by atoms with Crippen molar-refractivity contribution in [2.24, 2.45) is 5.73 Å². The Bertz CT molecular complexity index is 1450. The molecule has 2 aliphatic rings. The standard InChI is InChI=1S/C29H32ClN5O4.H2S/c1-3-12-39-29(38)34-10-11-35(17(2)16-34)28(37)20-5-7-22-24(15-20)33-23-13-18(4-6-21(23)26(22)30)19-8-9-32-25(14-19)27(31)36;/h5,7-9,14-15,17-18H,3-4,6,10-13,16H2,1-2H3,(H2,31,36);1H2/t17-,18?;/m0./s1. The number of nitrogens with two attached hydrogens (primary N) is 1. The summed E-state index contributed by atoms with van der Waals surface area (Å²) < 4.78 is 5.26. The smallest absolute Gasteiger partial charge is 0.409 e. The van der Waals surface area contributed by atoms with E-state index < -0.39 is 5.91 Å². The summed E-state index contributed by atoms with van der Waals surface area (Å²) in [5, 5.41) is 1.49. The number of amides is 3. The number of pyridine rings is 2. The molecule has 3 heterocycles. The van der Waals surface area contributed by atoms with Crippen LogP contribution in [0, 0.1) is 0 Å². The number of ether oxygens (including phenoxy) is 1. The number of hydrogen-bond acceptors (Lipinski definition) is 6. The maximum Gasteiger partial charge on any atom is 0.409 e. The fourth-order valence-electron chi connectivity index (χ4n) is 5.51. The number of nitrogens with zero attached hydrogens (tertiary/aromatic N) is 4. The fourth-order valence-corrected chi connectivity index (χ4v) is 5.88. The Morgan fingerprint density at radius 2 is 1.98 bits per heavy atom. The van der Waals surface area contributed by atoms with Crippen LogP contribution in [0.5, 0.6) is 0 Å². The van der Waals surface area contributed by atoms with Gasteiger partial charge in [-0.15, -0.1) is 0 Å². The van der Waals surface area contributed by atoms with Crippen LogP contribution in [0.15, 0.2) is 36.5 Å². The molecule has 0 spiro atoms. The van der Waals surface area contributed by atoms with Crippen molar-refractivity contribution in [1.29, 1.82) is 0 Å². The number of rotatable bonds is 5. The SMILES string of the molecule is CCCOC(=O)N1CCN(C(=O)c2ccc3c(Cl)c4c(nc3c2)CC(c2ccnc(C(N)=O)c2)CC4)[C@@H](C)C1.S. The molecule has 212 valence electrons. The molecule has 9 nitrogen and oxygen atoms in total. The second-order valence-corrected chi connectivity index (χ2v) is 10.6. The Kier molecular flexibility index (Phi) is 9.20. The van der Waals surface area contributed by atoms with Crippen LogP contribution in [-0.4, -0.2) is 70.0 Å². The van der Waals surface area contributed by atoms with Crippen LogP contribution in [-0.2, 0) is 17.6 Å². The highest BCUT2D eigenvalue weighted by molar-refractivity contribution is 7.59. The molecule has 0 radical (unpaired) electrons. The van der Waals surface area contributed by atoms with Crippen molar-refractivity contribution < 1.29 is 19.1 Å². The minimum Gasteiger partial charge on any atom is -0.449 e. The Morgan fingerprint density at radius 3 is 2.70 bits per heavy atom. The van der Waals surface area contributed by atoms with Crippen LogP contribution in [0.4, 0.5) is 4.79 Å². The molecule has 3 amide bonds. The predicted molar refractivity (Wildman–Crippen MR) is 158 cm³/mol. The highest BCUT2D eigenvalue weighted by Gasteiger charge is 2.31. The zero-order chi connectivity index (χ0) is 27.7. The fraction of sp³-hybridized carbons (Fsp3) is 0.414. The monoisotopic (exact) mass is 583 g/mol. The lowest BCUT2D eigenvalue weighted by atomic mass is 9.82. The van der Waals surface area contributed by atoms with Crippen LogP contribution in [0.2, 0.25) is 5.02 Å². The van der Waals surface area contributed by atoms with Crippen LogP contribution in [0.3, 0.4) is 0 Å². The topological polar surface area (TPSA) is 119 Å². The van der Waals surface area contributed by atoms with E-state index in [-0.39, 0.29) is 43.1 Å². The highest BCUT2D eigenvalue weighted by Crippen LogP contribution is 2.38. The minimum absolute atomic E-state index is 0. The van der Waals surface area contributed by atoms with E-state index in [1.807, 2.05) is 26.0 Å². The zero-order valence-corrected chi connectivity index (χ0v) is 24.4. The molecule has 1 fully saturated rings. The van der Waals surface area contributed by atoms with Gasteiger partial charge in [-0.25, -0.2) is 4.79 Å². The van der Waals surface area contributed by atoms with Gasteiger partial charge in [0, 0.05) is 48.5 Å². The van der Waals surface area contributed by atoms with Crippen molar-refractivity contribution in [3.05, 3.63) is 69.6 Å². The van der Waals surface area contributed by atoms with Crippen LogP contribution >= 0.6 is 25.1 Å². The Hall–Kier alpha value is -3.37. The molecule has 0 bridgehead atoms. The number of benzene rings is 1. The Balaban J connectivity index is 0.00000370. The van der Waals surface area contributed by atoms with Crippen molar-refractivity contribution in [3.63, 3.8) is 0 Å². The first kappa shape index (κ1) is 29.6. The normalized spacial score (nSPS) is 18.6. The molecular formula is C29H34ClN5O4S. The van der Waals surface area contributed by atoms with Gasteiger partial charge in [-0.05, 0) is 73.9 Å². The Labute approximate surface area is 245 Å². The van der Waals surface area contributed by atoms with E-state index >= 15 is 0 Å². The number of fused-ring (bicyclic) bond motifs is 2. The molecule has 2 N–H and O–H groups in total. The molecule has 2 aromatic heterocycles. The molecule has 1 aromatic carbocycles. The Morgan fingerprint density at radius 1 is 1.18 bits per heavy atom. The lowest BCUT2D eigenvalue weighted by molar-refractivity contribution is 0.0414. The summed E-state index contributed by atoms with van der Waals surface area (Å²) in [5.41, 5.74) is 9.81. The number of carbonyl (C=O) groups excluding carboxylic acids is 3. The molecule has 1 unspecified atom stereocenters. The summed E-state index contributed by atoms with van der Waals surface area (Å²) in [7, 11) is 0. The highest BCUT2D eigenvalue weighted by atomic mass is 35.5. The van der Waals surface area contributed by atoms with Crippen molar-refractivity contribution >= 4 is 53.9 Å². The van der Waals surface area contributed by atoms with Gasteiger partial charge in [-0.2, -0.15) is 13.5 Å². The molecule has 11 heteroatoms. The van der Waals surface area contributed by atoms with E-state index in [0.717, 1.165) is 41.5 Å². The van der Waals surface area contributed by atoms with Crippen molar-refractivity contribution in [3.8, 4) is 0 Å². The number of aromatic nitrogens is 2. The number of hydrogen-bond donors (Lipinski definition) is 1. The predicted octanol–water partition coefficient (Wildman–Crippen LogP) is 4.46. The molecule has 3 aromatic rings. The summed E-state index contributed by atoms with van der Waals surface area (Å²) in [5.74, 6) is -0.495. The maximum absolute atomic E-state index is 13.5. The van der Waals surface area contributed by atoms with Gasteiger partial charge in [0.25, 0.3) is 11.8 Å². The average molecular weight is 584 g/mol. The second kappa shape index (κ2) is 12.4. The number of halogens is 1. The van der Waals surface area contributed by atoms with Crippen LogP contribution in [0.1, 0.15) is 70.3 Å². The molecule has 2 atom stereocenters. The molecule has 1 aliphatic carbocycles. The van der Waals surface area contributed by atoms with Crippen LogP contribution < -0.4 is 5.73 Å². The van der Waals surface area contributed by atoms with Crippen LogP contribution in [0.25, 0.3) is 10.9 Å². The minimum atomic E-state index is -0.551. The lowest BCUT2D eigenvalue weighted by Crippen LogP contribution is -2.55. The van der Waals surface area contributed by atoms with Gasteiger partial charge in [0.15, 0.2) is 0 Å². The number of piperazine rings is 1. The molecule has 40 heavy (non-hydrogen) atoms. The zero-order valence-electron chi connectivity index (χ0n) is 22.7. The molecule has 1 aliphatic heterocycles. The van der Waals surface area contributed by atoms with E-state index in [0.29, 0.717) is 48.8 Å². The first-order valence-corrected chi connectivity index (χ1v) is 13.7. The second-order valence-electron chi connectivity index (χ2n) is 10.3. The van der Waals surface area contributed by atoms with E-state index in [2.05, 4.69) is 4.98 Å². The van der Waals surface area contributed by atoms with Gasteiger partial charge in [-0.1, -0.05) is 24.6 Å². The third-order valence-electron chi connectivity index (χ3n) is 7.62. The molecule has 5 rings (SSSR count). The van der Waals surface area contributed by atoms with Gasteiger partial charge < -0.3 is 20.3 Å².